The first-order valence-electron chi connectivity index (χ1n) is 4.35. The van der Waals surface area contributed by atoms with Gasteiger partial charge in [0, 0.05) is 6.61 Å². The number of ether oxygens (including phenoxy) is 1. The molecule has 1 radical (unpaired) electrons. The van der Waals surface area contributed by atoms with Crippen LogP contribution in [0.25, 0.3) is 0 Å². The van der Waals surface area contributed by atoms with E-state index >= 15 is 0 Å². The van der Waals surface area contributed by atoms with Crippen LogP contribution in [0.15, 0.2) is 0 Å². The molecule has 0 heterocycles. The van der Waals surface area contributed by atoms with E-state index in [2.05, 4.69) is 13.8 Å². The minimum Gasteiger partial charge on any atom is -0.376 e. The Hall–Kier alpha value is -0.0400. The van der Waals surface area contributed by atoms with E-state index in [9.17, 15) is 0 Å². The van der Waals surface area contributed by atoms with Crippen LogP contribution in [0.1, 0.15) is 46.0 Å². The van der Waals surface area contributed by atoms with Crippen molar-refractivity contribution in [1.29, 1.82) is 0 Å². The lowest BCUT2D eigenvalue weighted by atomic mass is 10.3. The van der Waals surface area contributed by atoms with E-state index in [1.807, 2.05) is 6.61 Å². The second-order valence-electron chi connectivity index (χ2n) is 2.53. The van der Waals surface area contributed by atoms with Gasteiger partial charge in [0.05, 0.1) is 6.61 Å². The smallest absolute Gasteiger partial charge is 0.0836 e. The summed E-state index contributed by atoms with van der Waals surface area (Å²) in [5.41, 5.74) is 0. The largest absolute Gasteiger partial charge is 0.376 e. The maximum atomic E-state index is 5.25. The monoisotopic (exact) mass is 143 g/mol. The molecule has 0 saturated carbocycles. The van der Waals surface area contributed by atoms with Gasteiger partial charge in [0.2, 0.25) is 0 Å². The predicted molar refractivity (Wildman–Crippen MR) is 44.7 cm³/mol. The highest BCUT2D eigenvalue weighted by Crippen LogP contribution is 1.99. The van der Waals surface area contributed by atoms with Gasteiger partial charge >= 0.3 is 0 Å². The van der Waals surface area contributed by atoms with Gasteiger partial charge in [-0.25, -0.2) is 0 Å². The number of unbranched alkanes of at least 4 members (excludes halogenated alkanes) is 3. The third-order valence-corrected chi connectivity index (χ3v) is 1.41. The van der Waals surface area contributed by atoms with Crippen LogP contribution >= 0.6 is 0 Å². The first-order valence-corrected chi connectivity index (χ1v) is 4.35. The van der Waals surface area contributed by atoms with Crippen molar-refractivity contribution in [2.45, 2.75) is 46.0 Å². The Bertz CT molecular complexity index is 44.7. The van der Waals surface area contributed by atoms with E-state index < -0.39 is 0 Å². The zero-order valence-electron chi connectivity index (χ0n) is 7.23. The maximum absolute atomic E-state index is 5.25. The molecule has 0 amide bonds. The van der Waals surface area contributed by atoms with E-state index in [1.165, 1.54) is 25.7 Å². The van der Waals surface area contributed by atoms with E-state index in [0.29, 0.717) is 0 Å². The van der Waals surface area contributed by atoms with E-state index in [1.54, 1.807) is 0 Å². The van der Waals surface area contributed by atoms with Crippen LogP contribution in [0.5, 0.6) is 0 Å². The zero-order valence-corrected chi connectivity index (χ0v) is 7.23. The fourth-order valence-electron chi connectivity index (χ4n) is 0.682. The minimum absolute atomic E-state index is 0.903. The molecule has 10 heavy (non-hydrogen) atoms. The van der Waals surface area contributed by atoms with Gasteiger partial charge in [-0.1, -0.05) is 33.1 Å². The molecule has 0 aromatic rings. The topological polar surface area (TPSA) is 9.23 Å². The predicted octanol–water partition coefficient (Wildman–Crippen LogP) is 3.16. The minimum atomic E-state index is 0.903. The van der Waals surface area contributed by atoms with Crippen molar-refractivity contribution < 1.29 is 4.74 Å². The molecule has 0 aromatic carbocycles. The molecule has 1 heteroatoms. The molecule has 0 aliphatic carbocycles. The van der Waals surface area contributed by atoms with Crippen molar-refractivity contribution >= 4 is 0 Å². The Kier molecular flexibility index (Phi) is 8.92. The lowest BCUT2D eigenvalue weighted by molar-refractivity contribution is 0.186. The standard InChI is InChI=1S/C9H19O/c1-3-5-7-9-10-8-6-4-2/h9H,3-8H2,1-2H3. The van der Waals surface area contributed by atoms with Crippen molar-refractivity contribution in [1.82, 2.24) is 0 Å². The van der Waals surface area contributed by atoms with E-state index in [0.717, 1.165) is 13.0 Å². The molecule has 0 atom stereocenters. The molecule has 0 spiro atoms. The van der Waals surface area contributed by atoms with Crippen LogP contribution in [-0.4, -0.2) is 6.61 Å². The van der Waals surface area contributed by atoms with Crippen molar-refractivity contribution in [2.24, 2.45) is 0 Å². The summed E-state index contributed by atoms with van der Waals surface area (Å²) in [7, 11) is 0. The molecule has 0 unspecified atom stereocenters. The summed E-state index contributed by atoms with van der Waals surface area (Å²) in [5.74, 6) is 0. The Morgan fingerprint density at radius 1 is 1.10 bits per heavy atom. The Balaban J connectivity index is 2.65. The summed E-state index contributed by atoms with van der Waals surface area (Å²) < 4.78 is 5.25. The molecule has 0 aliphatic rings. The SMILES string of the molecule is CCCC[CH]OCCCC. The summed E-state index contributed by atoms with van der Waals surface area (Å²) in [6.07, 6.45) is 6.03. The van der Waals surface area contributed by atoms with Crippen molar-refractivity contribution in [3.8, 4) is 0 Å². The summed E-state index contributed by atoms with van der Waals surface area (Å²) in [5, 5.41) is 0. The van der Waals surface area contributed by atoms with Gasteiger partial charge in [-0.2, -0.15) is 0 Å². The first kappa shape index (κ1) is 9.96. The van der Waals surface area contributed by atoms with Crippen LogP contribution in [0.2, 0.25) is 0 Å². The molecule has 0 fully saturated rings. The van der Waals surface area contributed by atoms with Crippen molar-refractivity contribution in [3.05, 3.63) is 6.61 Å². The van der Waals surface area contributed by atoms with Crippen LogP contribution < -0.4 is 0 Å². The molecular weight excluding hydrogens is 124 g/mol. The number of hydrogen-bond acceptors (Lipinski definition) is 1. The van der Waals surface area contributed by atoms with Gasteiger partial charge < -0.3 is 4.74 Å². The third-order valence-electron chi connectivity index (χ3n) is 1.41. The molecule has 61 valence electrons. The quantitative estimate of drug-likeness (QED) is 0.497. The van der Waals surface area contributed by atoms with Crippen LogP contribution in [0.4, 0.5) is 0 Å². The fourth-order valence-corrected chi connectivity index (χ4v) is 0.682. The molecule has 0 aromatic heterocycles. The molecule has 0 saturated heterocycles. The van der Waals surface area contributed by atoms with E-state index in [4.69, 9.17) is 4.74 Å². The van der Waals surface area contributed by atoms with Gasteiger partial charge in [0.15, 0.2) is 0 Å². The summed E-state index contributed by atoms with van der Waals surface area (Å²) in [6.45, 7) is 7.22. The zero-order chi connectivity index (χ0) is 7.66. The van der Waals surface area contributed by atoms with Crippen LogP contribution in [0.3, 0.4) is 0 Å². The molecule has 1 nitrogen and oxygen atoms in total. The summed E-state index contributed by atoms with van der Waals surface area (Å²) in [4.78, 5) is 0. The Morgan fingerprint density at radius 2 is 1.80 bits per heavy atom. The van der Waals surface area contributed by atoms with Crippen LogP contribution in [0, 0.1) is 6.61 Å². The third kappa shape index (κ3) is 7.96. The molecule has 0 N–H and O–H groups in total. The molecule has 0 aliphatic heterocycles. The van der Waals surface area contributed by atoms with Gasteiger partial charge in [-0.3, -0.25) is 0 Å². The number of hydrogen-bond donors (Lipinski definition) is 0. The Labute approximate surface area is 64.8 Å². The first-order chi connectivity index (χ1) is 4.91. The highest BCUT2D eigenvalue weighted by Gasteiger charge is 1.87. The fraction of sp³-hybridized carbons (Fsp3) is 0.889. The highest BCUT2D eigenvalue weighted by atomic mass is 16.5. The molecule has 0 bridgehead atoms. The average Bonchev–Trinajstić information content (AvgIpc) is 1.97. The van der Waals surface area contributed by atoms with Crippen LogP contribution in [-0.2, 0) is 4.74 Å². The lowest BCUT2D eigenvalue weighted by Crippen LogP contribution is -1.90. The summed E-state index contributed by atoms with van der Waals surface area (Å²) in [6, 6.07) is 0. The van der Waals surface area contributed by atoms with Gasteiger partial charge in [-0.15, -0.1) is 0 Å². The molecule has 0 rings (SSSR count). The van der Waals surface area contributed by atoms with Gasteiger partial charge in [0.1, 0.15) is 0 Å². The Morgan fingerprint density at radius 3 is 2.40 bits per heavy atom. The van der Waals surface area contributed by atoms with Gasteiger partial charge in [0.25, 0.3) is 0 Å². The number of rotatable bonds is 7. The summed E-state index contributed by atoms with van der Waals surface area (Å²) >= 11 is 0. The van der Waals surface area contributed by atoms with Crippen molar-refractivity contribution in [2.75, 3.05) is 6.61 Å². The maximum Gasteiger partial charge on any atom is 0.0836 e. The highest BCUT2D eigenvalue weighted by molar-refractivity contribution is 4.49. The van der Waals surface area contributed by atoms with Gasteiger partial charge in [-0.05, 0) is 12.8 Å². The normalized spacial score (nSPS) is 10.2. The lowest BCUT2D eigenvalue weighted by Gasteiger charge is -1.99. The molecular formula is C9H19O. The average molecular weight is 143 g/mol. The second kappa shape index (κ2) is 8.96. The van der Waals surface area contributed by atoms with Crippen molar-refractivity contribution in [3.63, 3.8) is 0 Å². The second-order valence-corrected chi connectivity index (χ2v) is 2.53. The van der Waals surface area contributed by atoms with E-state index in [-0.39, 0.29) is 0 Å².